The fourth-order valence-corrected chi connectivity index (χ4v) is 4.15. The van der Waals surface area contributed by atoms with E-state index in [-0.39, 0.29) is 50.6 Å². The quantitative estimate of drug-likeness (QED) is 0.404. The van der Waals surface area contributed by atoms with E-state index in [0.717, 1.165) is 6.07 Å². The summed E-state index contributed by atoms with van der Waals surface area (Å²) in [6.07, 6.45) is -3.35. The van der Waals surface area contributed by atoms with Crippen molar-refractivity contribution in [2.24, 2.45) is 0 Å². The van der Waals surface area contributed by atoms with E-state index in [2.05, 4.69) is 30.4 Å². The lowest BCUT2D eigenvalue weighted by molar-refractivity contribution is -0.134. The summed E-state index contributed by atoms with van der Waals surface area (Å²) in [4.78, 5) is 29.8. The maximum Gasteiger partial charge on any atom is 0.389 e. The minimum Gasteiger partial charge on any atom is -0.383 e. The molecule has 0 radical (unpaired) electrons. The van der Waals surface area contributed by atoms with Gasteiger partial charge in [0.1, 0.15) is 34.9 Å². The van der Waals surface area contributed by atoms with Gasteiger partial charge in [-0.25, -0.2) is 28.8 Å². The number of carbonyl (C=O) groups is 1. The van der Waals surface area contributed by atoms with Crippen molar-refractivity contribution >= 4 is 34.8 Å². The van der Waals surface area contributed by atoms with Gasteiger partial charge in [0.2, 0.25) is 5.91 Å². The van der Waals surface area contributed by atoms with Crippen LogP contribution in [0, 0.1) is 5.82 Å². The van der Waals surface area contributed by atoms with E-state index in [0.29, 0.717) is 0 Å². The summed E-state index contributed by atoms with van der Waals surface area (Å²) in [6, 6.07) is 3.96. The highest BCUT2D eigenvalue weighted by atomic mass is 35.5. The number of benzene rings is 1. The molecule has 0 bridgehead atoms. The number of aromatic nitrogens is 6. The van der Waals surface area contributed by atoms with Gasteiger partial charge in [-0.2, -0.15) is 18.3 Å². The Morgan fingerprint density at radius 2 is 2.00 bits per heavy atom. The number of carbonyl (C=O) groups excluding carboxylic acids is 1. The molecule has 1 amide bonds. The van der Waals surface area contributed by atoms with Gasteiger partial charge in [-0.05, 0) is 24.6 Å². The average Bonchev–Trinajstić information content (AvgIpc) is 3.36. The second-order valence-electron chi connectivity index (χ2n) is 8.08. The van der Waals surface area contributed by atoms with Crippen LogP contribution in [0.3, 0.4) is 0 Å². The summed E-state index contributed by atoms with van der Waals surface area (Å²) >= 11 is 5.78. The molecule has 180 valence electrons. The van der Waals surface area contributed by atoms with Gasteiger partial charge in [0.15, 0.2) is 11.5 Å². The second kappa shape index (κ2) is 7.83. The zero-order valence-corrected chi connectivity index (χ0v) is 18.6. The zero-order valence-electron chi connectivity index (χ0n) is 17.9. The maximum absolute atomic E-state index is 14.1. The first-order valence-electron chi connectivity index (χ1n) is 10.2. The van der Waals surface area contributed by atoms with E-state index in [1.165, 1.54) is 29.2 Å². The summed E-state index contributed by atoms with van der Waals surface area (Å²) in [7, 11) is 0. The molecule has 35 heavy (non-hydrogen) atoms. The Labute approximate surface area is 199 Å². The number of nitrogens with one attached hydrogen (secondary N) is 1. The number of fused-ring (bicyclic) bond motifs is 2. The molecule has 4 aromatic rings. The smallest absolute Gasteiger partial charge is 0.383 e. The van der Waals surface area contributed by atoms with E-state index in [1.54, 1.807) is 6.92 Å². The number of hydrogen-bond donors (Lipinski definition) is 2. The first-order chi connectivity index (χ1) is 16.5. The molecule has 14 heteroatoms. The number of nitrogens with two attached hydrogens (primary N) is 1. The lowest BCUT2D eigenvalue weighted by atomic mass is 9.77. The van der Waals surface area contributed by atoms with Gasteiger partial charge in [-0.3, -0.25) is 4.79 Å². The molecule has 0 fully saturated rings. The van der Waals surface area contributed by atoms with Crippen molar-refractivity contribution in [3.8, 4) is 11.5 Å². The van der Waals surface area contributed by atoms with Crippen LogP contribution in [-0.2, 0) is 16.6 Å². The third-order valence-electron chi connectivity index (χ3n) is 5.83. The van der Waals surface area contributed by atoms with Crippen molar-refractivity contribution < 1.29 is 22.4 Å². The highest BCUT2D eigenvalue weighted by Gasteiger charge is 2.48. The van der Waals surface area contributed by atoms with Crippen molar-refractivity contribution in [3.63, 3.8) is 0 Å². The Morgan fingerprint density at radius 1 is 1.23 bits per heavy atom. The van der Waals surface area contributed by atoms with Gasteiger partial charge in [0, 0.05) is 12.8 Å². The predicted molar refractivity (Wildman–Crippen MR) is 117 cm³/mol. The fraction of sp³-hybridized carbons (Fsp3) is 0.238. The standard InChI is InChI=1S/C21H15ClF4N8O/c1-20(9-2-3-10(22)11(23)6-9)14-15(27)31-16(32-17(14)33-19(20)35)13-7-34-18(28-8-29-34)12(30-13)4-5-21(24,25)26/h2-3,6-8H,4-5H2,1H3,(H3,27,31,32,33,35). The number of halogens is 5. The molecule has 0 saturated carbocycles. The molecule has 5 rings (SSSR count). The topological polar surface area (TPSA) is 124 Å². The summed E-state index contributed by atoms with van der Waals surface area (Å²) in [5.41, 5.74) is 5.62. The molecule has 1 atom stereocenters. The Bertz CT molecular complexity index is 1500. The average molecular weight is 507 g/mol. The largest absolute Gasteiger partial charge is 0.389 e. The number of anilines is 2. The lowest BCUT2D eigenvalue weighted by Crippen LogP contribution is -2.33. The van der Waals surface area contributed by atoms with Crippen molar-refractivity contribution in [3.05, 3.63) is 58.4 Å². The molecule has 3 N–H and O–H groups in total. The number of alkyl halides is 3. The normalized spacial score (nSPS) is 17.6. The summed E-state index contributed by atoms with van der Waals surface area (Å²) in [5, 5.41) is 6.50. The van der Waals surface area contributed by atoms with Crippen molar-refractivity contribution in [1.82, 2.24) is 29.5 Å². The van der Waals surface area contributed by atoms with E-state index in [4.69, 9.17) is 17.3 Å². The monoisotopic (exact) mass is 506 g/mol. The highest BCUT2D eigenvalue weighted by Crippen LogP contribution is 2.45. The van der Waals surface area contributed by atoms with E-state index in [9.17, 15) is 22.4 Å². The number of amides is 1. The summed E-state index contributed by atoms with van der Waals surface area (Å²) in [5.74, 6) is -1.28. The molecule has 9 nitrogen and oxygen atoms in total. The van der Waals surface area contributed by atoms with E-state index >= 15 is 0 Å². The lowest BCUT2D eigenvalue weighted by Gasteiger charge is -2.23. The van der Waals surface area contributed by atoms with E-state index < -0.39 is 36.2 Å². The van der Waals surface area contributed by atoms with Crippen LogP contribution in [0.25, 0.3) is 17.2 Å². The van der Waals surface area contributed by atoms with Crippen LogP contribution >= 0.6 is 11.6 Å². The number of nitrogen functional groups attached to an aromatic ring is 1. The van der Waals surface area contributed by atoms with Crippen molar-refractivity contribution in [2.75, 3.05) is 11.1 Å². The predicted octanol–water partition coefficient (Wildman–Crippen LogP) is 3.71. The SMILES string of the molecule is CC1(c2ccc(Cl)c(F)c2)C(=O)Nc2nc(-c3cn4ncnc4c(CCC(F)(F)F)n3)nc(N)c21. The van der Waals surface area contributed by atoms with E-state index in [1.807, 2.05) is 0 Å². The third kappa shape index (κ3) is 3.81. The summed E-state index contributed by atoms with van der Waals surface area (Å²) < 4.78 is 53.8. The minimum atomic E-state index is -4.39. The van der Waals surface area contributed by atoms with Crippen LogP contribution in [0.4, 0.5) is 29.2 Å². The van der Waals surface area contributed by atoms with Gasteiger partial charge in [-0.15, -0.1) is 0 Å². The van der Waals surface area contributed by atoms with Crippen LogP contribution < -0.4 is 11.1 Å². The molecule has 1 aromatic carbocycles. The van der Waals surface area contributed by atoms with Crippen LogP contribution in [0.5, 0.6) is 0 Å². The van der Waals surface area contributed by atoms with Crippen LogP contribution in [0.2, 0.25) is 5.02 Å². The molecule has 1 aliphatic rings. The molecular formula is C21H15ClF4N8O. The molecule has 0 aliphatic carbocycles. The first-order valence-corrected chi connectivity index (χ1v) is 10.6. The Kier molecular flexibility index (Phi) is 5.13. The molecule has 1 aliphatic heterocycles. The Balaban J connectivity index is 1.61. The molecule has 0 spiro atoms. The minimum absolute atomic E-state index is 0.0428. The first kappa shape index (κ1) is 22.9. The van der Waals surface area contributed by atoms with Gasteiger partial charge >= 0.3 is 6.18 Å². The number of nitrogens with zero attached hydrogens (tertiary/aromatic N) is 6. The number of aryl methyl sites for hydroxylation is 1. The van der Waals surface area contributed by atoms with Crippen LogP contribution in [0.1, 0.15) is 30.2 Å². The highest BCUT2D eigenvalue weighted by molar-refractivity contribution is 6.30. The van der Waals surface area contributed by atoms with Crippen molar-refractivity contribution in [2.45, 2.75) is 31.4 Å². The summed E-state index contributed by atoms with van der Waals surface area (Å²) in [6.45, 7) is 1.55. The molecule has 0 saturated heterocycles. The third-order valence-corrected chi connectivity index (χ3v) is 6.13. The van der Waals surface area contributed by atoms with Crippen LogP contribution in [-0.4, -0.2) is 41.6 Å². The van der Waals surface area contributed by atoms with Gasteiger partial charge in [0.25, 0.3) is 0 Å². The van der Waals surface area contributed by atoms with Gasteiger partial charge in [0.05, 0.1) is 22.5 Å². The Hall–Kier alpha value is -3.87. The second-order valence-corrected chi connectivity index (χ2v) is 8.49. The van der Waals surface area contributed by atoms with Crippen LogP contribution in [0.15, 0.2) is 30.7 Å². The Morgan fingerprint density at radius 3 is 2.71 bits per heavy atom. The molecule has 1 unspecified atom stereocenters. The van der Waals surface area contributed by atoms with Gasteiger partial charge in [-0.1, -0.05) is 17.7 Å². The molecular weight excluding hydrogens is 492 g/mol. The maximum atomic E-state index is 14.1. The zero-order chi connectivity index (χ0) is 25.1. The van der Waals surface area contributed by atoms with Crippen molar-refractivity contribution in [1.29, 1.82) is 0 Å². The number of hydrogen-bond acceptors (Lipinski definition) is 7. The molecule has 3 aromatic heterocycles. The fourth-order valence-electron chi connectivity index (χ4n) is 4.03. The van der Waals surface area contributed by atoms with Gasteiger partial charge < -0.3 is 11.1 Å². The molecule has 4 heterocycles. The number of rotatable bonds is 4.